The third-order valence-electron chi connectivity index (χ3n) is 1.18. The quantitative estimate of drug-likeness (QED) is 0.629. The summed E-state index contributed by atoms with van der Waals surface area (Å²) in [6, 6.07) is -0.754. The lowest BCUT2D eigenvalue weighted by atomic mass is 10.3. The second-order valence-electron chi connectivity index (χ2n) is 1.84. The van der Waals surface area contributed by atoms with Crippen LogP contribution in [-0.2, 0) is 0 Å². The summed E-state index contributed by atoms with van der Waals surface area (Å²) in [5.74, 6) is 0. The molecule has 0 spiro atoms. The van der Waals surface area contributed by atoms with Crippen LogP contribution in [0.2, 0.25) is 0 Å². The minimum atomic E-state index is -0.372. The standard InChI is InChI=1S/C8H5BrN2/c9-8-6-2-1-4-10-7(6)3-5-11-8/h1-5H/i1D,2D,3D,4D,5D. The molecule has 0 aliphatic carbocycles. The van der Waals surface area contributed by atoms with Crippen LogP contribution in [0.5, 0.6) is 0 Å². The van der Waals surface area contributed by atoms with Gasteiger partial charge in [0.05, 0.1) is 12.4 Å². The lowest BCUT2D eigenvalue weighted by Crippen LogP contribution is -1.80. The maximum Gasteiger partial charge on any atom is 0.115 e. The van der Waals surface area contributed by atoms with Crippen molar-refractivity contribution >= 4 is 26.8 Å². The molecule has 0 aromatic carbocycles. The predicted molar refractivity (Wildman–Crippen MR) is 47.2 cm³/mol. The summed E-state index contributed by atoms with van der Waals surface area (Å²) in [7, 11) is 0. The summed E-state index contributed by atoms with van der Waals surface area (Å²) >= 11 is 3.07. The van der Waals surface area contributed by atoms with E-state index in [0.29, 0.717) is 0 Å². The van der Waals surface area contributed by atoms with Crippen LogP contribution in [0, 0.1) is 0 Å². The first kappa shape index (κ1) is 3.19. The molecule has 2 heterocycles. The molecule has 0 unspecified atom stereocenters. The summed E-state index contributed by atoms with van der Waals surface area (Å²) in [5.41, 5.74) is 0.0536. The first-order valence-electron chi connectivity index (χ1n) is 5.33. The van der Waals surface area contributed by atoms with Crippen LogP contribution in [0.3, 0.4) is 0 Å². The van der Waals surface area contributed by atoms with Crippen LogP contribution in [-0.4, -0.2) is 9.97 Å². The van der Waals surface area contributed by atoms with E-state index in [2.05, 4.69) is 25.9 Å². The molecule has 2 aromatic rings. The lowest BCUT2D eigenvalue weighted by molar-refractivity contribution is 1.29. The highest BCUT2D eigenvalue weighted by Gasteiger charge is 1.96. The largest absolute Gasteiger partial charge is 0.256 e. The minimum Gasteiger partial charge on any atom is -0.256 e. The van der Waals surface area contributed by atoms with E-state index in [0.717, 1.165) is 0 Å². The molecule has 0 fully saturated rings. The van der Waals surface area contributed by atoms with E-state index >= 15 is 0 Å². The number of aromatic nitrogens is 2. The number of hydrogen-bond donors (Lipinski definition) is 0. The van der Waals surface area contributed by atoms with Crippen LogP contribution >= 0.6 is 15.9 Å². The molecule has 54 valence electrons. The van der Waals surface area contributed by atoms with Gasteiger partial charge in [-0.15, -0.1) is 0 Å². The van der Waals surface area contributed by atoms with Gasteiger partial charge >= 0.3 is 0 Å². The normalized spacial score (nSPS) is 16.6. The van der Waals surface area contributed by atoms with Gasteiger partial charge in [-0.3, -0.25) is 4.98 Å². The summed E-state index contributed by atoms with van der Waals surface area (Å²) in [4.78, 5) is 7.46. The first-order valence-corrected chi connectivity index (χ1v) is 3.63. The number of rotatable bonds is 0. The molecular weight excluding hydrogens is 204 g/mol. The summed E-state index contributed by atoms with van der Waals surface area (Å²) in [6.07, 6.45) is -0.646. The Morgan fingerprint density at radius 1 is 1.27 bits per heavy atom. The fourth-order valence-corrected chi connectivity index (χ4v) is 1.09. The molecule has 2 rings (SSSR count). The van der Waals surface area contributed by atoms with Gasteiger partial charge < -0.3 is 0 Å². The van der Waals surface area contributed by atoms with E-state index in [1.54, 1.807) is 0 Å². The average molecular weight is 214 g/mol. The fraction of sp³-hybridized carbons (Fsp3) is 0. The van der Waals surface area contributed by atoms with Crippen LogP contribution in [0.4, 0.5) is 0 Å². The van der Waals surface area contributed by atoms with Crippen molar-refractivity contribution in [2.75, 3.05) is 0 Å². The Morgan fingerprint density at radius 2 is 2.18 bits per heavy atom. The Balaban J connectivity index is 3.07. The smallest absolute Gasteiger partial charge is 0.115 e. The predicted octanol–water partition coefficient (Wildman–Crippen LogP) is 2.39. The highest BCUT2D eigenvalue weighted by molar-refractivity contribution is 9.10. The summed E-state index contributed by atoms with van der Waals surface area (Å²) in [5, 5.41) is 0.196. The van der Waals surface area contributed by atoms with Gasteiger partial charge in [0.2, 0.25) is 0 Å². The van der Waals surface area contributed by atoms with Gasteiger partial charge in [-0.1, -0.05) is 0 Å². The summed E-state index contributed by atoms with van der Waals surface area (Å²) in [6.45, 7) is 0. The second kappa shape index (κ2) is 2.58. The van der Waals surface area contributed by atoms with Gasteiger partial charge in [-0.2, -0.15) is 0 Å². The van der Waals surface area contributed by atoms with Gasteiger partial charge in [0.1, 0.15) is 4.60 Å². The molecule has 3 heteroatoms. The Morgan fingerprint density at radius 3 is 3.09 bits per heavy atom. The molecule has 0 saturated heterocycles. The van der Waals surface area contributed by atoms with E-state index in [-0.39, 0.29) is 46.0 Å². The zero-order chi connectivity index (χ0) is 12.0. The Labute approximate surface area is 79.4 Å². The first-order chi connectivity index (χ1) is 7.43. The van der Waals surface area contributed by atoms with Crippen LogP contribution in [0.15, 0.2) is 35.1 Å². The number of fused-ring (bicyclic) bond motifs is 1. The molecular formula is C8H5BrN2. The topological polar surface area (TPSA) is 25.8 Å². The average Bonchev–Trinajstić information content (AvgIpc) is 2.22. The van der Waals surface area contributed by atoms with E-state index in [1.807, 2.05) is 0 Å². The van der Waals surface area contributed by atoms with Gasteiger partial charge in [0.25, 0.3) is 0 Å². The molecule has 2 aromatic heterocycles. The van der Waals surface area contributed by atoms with Gasteiger partial charge in [0, 0.05) is 17.7 Å². The molecule has 2 nitrogen and oxygen atoms in total. The van der Waals surface area contributed by atoms with Gasteiger partial charge in [-0.05, 0) is 34.1 Å². The van der Waals surface area contributed by atoms with E-state index in [1.165, 1.54) is 0 Å². The number of halogens is 1. The lowest BCUT2D eigenvalue weighted by Gasteiger charge is -1.95. The van der Waals surface area contributed by atoms with Gasteiger partial charge in [0.15, 0.2) is 0 Å². The highest BCUT2D eigenvalue weighted by atomic mass is 79.9. The number of hydrogen-bond acceptors (Lipinski definition) is 2. The zero-order valence-corrected chi connectivity index (χ0v) is 6.86. The van der Waals surface area contributed by atoms with Crippen LogP contribution < -0.4 is 0 Å². The van der Waals surface area contributed by atoms with E-state index in [4.69, 9.17) is 6.85 Å². The van der Waals surface area contributed by atoms with E-state index in [9.17, 15) is 0 Å². The Bertz CT molecular complexity index is 601. The number of pyridine rings is 2. The molecule has 0 bridgehead atoms. The SMILES string of the molecule is [2H]c1nc2c([2H])c([2H])nc(Br)c2c([2H])c1[2H]. The van der Waals surface area contributed by atoms with Crippen molar-refractivity contribution in [3.8, 4) is 0 Å². The monoisotopic (exact) mass is 213 g/mol. The second-order valence-corrected chi connectivity index (χ2v) is 2.59. The van der Waals surface area contributed by atoms with Crippen molar-refractivity contribution in [1.82, 2.24) is 9.97 Å². The molecule has 0 radical (unpaired) electrons. The van der Waals surface area contributed by atoms with E-state index < -0.39 is 0 Å². The van der Waals surface area contributed by atoms with Crippen molar-refractivity contribution in [3.63, 3.8) is 0 Å². The molecule has 0 saturated carbocycles. The molecule has 0 amide bonds. The molecule has 11 heavy (non-hydrogen) atoms. The van der Waals surface area contributed by atoms with Crippen LogP contribution in [0.1, 0.15) is 6.85 Å². The maximum absolute atomic E-state index is 7.68. The van der Waals surface area contributed by atoms with Crippen molar-refractivity contribution in [2.24, 2.45) is 0 Å². The molecule has 0 aliphatic heterocycles. The van der Waals surface area contributed by atoms with Crippen molar-refractivity contribution in [3.05, 3.63) is 35.1 Å². The Kier molecular flexibility index (Phi) is 0.749. The third-order valence-corrected chi connectivity index (χ3v) is 1.76. The number of nitrogens with zero attached hydrogens (tertiary/aromatic N) is 2. The van der Waals surface area contributed by atoms with Gasteiger partial charge in [-0.25, -0.2) is 4.98 Å². The molecule has 0 atom stereocenters. The van der Waals surface area contributed by atoms with Crippen molar-refractivity contribution < 1.29 is 6.85 Å². The van der Waals surface area contributed by atoms with Crippen molar-refractivity contribution in [2.45, 2.75) is 0 Å². The van der Waals surface area contributed by atoms with Crippen molar-refractivity contribution in [1.29, 1.82) is 0 Å². The molecule has 0 N–H and O–H groups in total. The fourth-order valence-electron chi connectivity index (χ4n) is 0.715. The van der Waals surface area contributed by atoms with Crippen LogP contribution in [0.25, 0.3) is 10.9 Å². The minimum absolute atomic E-state index is 0.0536. The molecule has 0 aliphatic rings. The summed E-state index contributed by atoms with van der Waals surface area (Å²) < 4.78 is 37.7. The zero-order valence-electron chi connectivity index (χ0n) is 10.3. The maximum atomic E-state index is 7.68. The highest BCUT2D eigenvalue weighted by Crippen LogP contribution is 2.18. The Hall–Kier alpha value is -0.960. The third kappa shape index (κ3) is 1.12.